The van der Waals surface area contributed by atoms with Crippen LogP contribution in [0.5, 0.6) is 11.5 Å². The Kier molecular flexibility index (Phi) is 5.03. The molecule has 0 spiro atoms. The molecule has 2 aromatic rings. The molecule has 0 bridgehead atoms. The number of rotatable bonds is 4. The fraction of sp³-hybridized carbons (Fsp3) is 0.500. The van der Waals surface area contributed by atoms with Crippen LogP contribution in [-0.4, -0.2) is 73.3 Å². The number of fused-ring (bicyclic) bond motifs is 1. The minimum absolute atomic E-state index is 0.266. The van der Waals surface area contributed by atoms with Crippen molar-refractivity contribution in [2.24, 2.45) is 0 Å². The molecule has 4 heterocycles. The summed E-state index contributed by atoms with van der Waals surface area (Å²) in [6, 6.07) is 10.0. The summed E-state index contributed by atoms with van der Waals surface area (Å²) in [6.07, 6.45) is 3.65. The van der Waals surface area contributed by atoms with Gasteiger partial charge >= 0.3 is 0 Å². The van der Waals surface area contributed by atoms with Gasteiger partial charge in [0.15, 0.2) is 11.5 Å². The first-order chi connectivity index (χ1) is 14.2. The number of ether oxygens (including phenoxy) is 3. The lowest BCUT2D eigenvalue weighted by molar-refractivity contribution is -0.0382. The first-order valence-corrected chi connectivity index (χ1v) is 10.3. The Labute approximate surface area is 170 Å². The van der Waals surface area contributed by atoms with Crippen molar-refractivity contribution in [3.05, 3.63) is 36.5 Å². The summed E-state index contributed by atoms with van der Waals surface area (Å²) in [5, 5.41) is 11.3. The van der Waals surface area contributed by atoms with E-state index in [0.717, 1.165) is 74.1 Å². The molecule has 154 valence electrons. The van der Waals surface area contributed by atoms with Gasteiger partial charge in [0.1, 0.15) is 0 Å². The molecule has 1 aromatic heterocycles. The number of β-amino-alcohol motifs (C(OH)–C–C–N with tert-alkyl or cyclic N) is 1. The van der Waals surface area contributed by atoms with Gasteiger partial charge in [-0.05, 0) is 43.2 Å². The van der Waals surface area contributed by atoms with Crippen LogP contribution in [0.3, 0.4) is 0 Å². The van der Waals surface area contributed by atoms with Crippen molar-refractivity contribution >= 4 is 5.69 Å². The second-order valence-electron chi connectivity index (χ2n) is 8.11. The molecule has 1 unspecified atom stereocenters. The van der Waals surface area contributed by atoms with Crippen LogP contribution >= 0.6 is 0 Å². The first kappa shape index (κ1) is 18.7. The number of hydrogen-bond acceptors (Lipinski definition) is 7. The van der Waals surface area contributed by atoms with E-state index in [0.29, 0.717) is 13.1 Å². The summed E-state index contributed by atoms with van der Waals surface area (Å²) in [6.45, 7) is 5.84. The van der Waals surface area contributed by atoms with Gasteiger partial charge in [-0.15, -0.1) is 0 Å². The van der Waals surface area contributed by atoms with Gasteiger partial charge in [0, 0.05) is 50.2 Å². The molecule has 7 heteroatoms. The van der Waals surface area contributed by atoms with Gasteiger partial charge in [0.05, 0.1) is 24.5 Å². The molecule has 1 N–H and O–H groups in total. The SMILES string of the molecule is OC1(CN2CCOCC2)CCCN(c2ccnc(-c3ccc4c(c3)OCO4)c2)C1. The van der Waals surface area contributed by atoms with E-state index in [1.54, 1.807) is 0 Å². The monoisotopic (exact) mass is 397 g/mol. The van der Waals surface area contributed by atoms with Crippen molar-refractivity contribution in [1.29, 1.82) is 0 Å². The quantitative estimate of drug-likeness (QED) is 0.848. The van der Waals surface area contributed by atoms with E-state index in [2.05, 4.69) is 20.9 Å². The van der Waals surface area contributed by atoms with Crippen molar-refractivity contribution in [2.45, 2.75) is 18.4 Å². The second-order valence-corrected chi connectivity index (χ2v) is 8.11. The van der Waals surface area contributed by atoms with Crippen LogP contribution in [0.2, 0.25) is 0 Å². The molecular formula is C22H27N3O4. The lowest BCUT2D eigenvalue weighted by Crippen LogP contribution is -2.56. The molecule has 3 aliphatic heterocycles. The maximum Gasteiger partial charge on any atom is 0.231 e. The highest BCUT2D eigenvalue weighted by atomic mass is 16.7. The molecule has 0 amide bonds. The van der Waals surface area contributed by atoms with Crippen LogP contribution in [0.4, 0.5) is 5.69 Å². The standard InChI is InChI=1S/C22H27N3O4/c26-22(14-24-8-10-27-11-9-24)5-1-7-25(15-22)18-4-6-23-19(13-18)17-2-3-20-21(12-17)29-16-28-20/h2-4,6,12-13,26H,1,5,7-11,14-16H2. The lowest BCUT2D eigenvalue weighted by Gasteiger charge is -2.43. The van der Waals surface area contributed by atoms with Gasteiger partial charge in [0.2, 0.25) is 6.79 Å². The van der Waals surface area contributed by atoms with E-state index in [1.807, 2.05) is 30.5 Å². The molecule has 29 heavy (non-hydrogen) atoms. The van der Waals surface area contributed by atoms with Gasteiger partial charge < -0.3 is 24.2 Å². The van der Waals surface area contributed by atoms with Gasteiger partial charge in [-0.3, -0.25) is 9.88 Å². The molecular weight excluding hydrogens is 370 g/mol. The van der Waals surface area contributed by atoms with Crippen molar-refractivity contribution < 1.29 is 19.3 Å². The van der Waals surface area contributed by atoms with Gasteiger partial charge in [0.25, 0.3) is 0 Å². The van der Waals surface area contributed by atoms with E-state index in [9.17, 15) is 5.11 Å². The normalized spacial score (nSPS) is 24.7. The zero-order valence-electron chi connectivity index (χ0n) is 16.5. The maximum absolute atomic E-state index is 11.3. The smallest absolute Gasteiger partial charge is 0.231 e. The Bertz CT molecular complexity index is 871. The fourth-order valence-corrected chi connectivity index (χ4v) is 4.47. The predicted molar refractivity (Wildman–Crippen MR) is 109 cm³/mol. The number of aromatic nitrogens is 1. The number of anilines is 1. The van der Waals surface area contributed by atoms with Crippen LogP contribution in [0.25, 0.3) is 11.3 Å². The molecule has 2 saturated heterocycles. The number of aliphatic hydroxyl groups is 1. The Morgan fingerprint density at radius 2 is 1.90 bits per heavy atom. The van der Waals surface area contributed by atoms with E-state index >= 15 is 0 Å². The summed E-state index contributed by atoms with van der Waals surface area (Å²) < 4.78 is 16.3. The average molecular weight is 397 g/mol. The van der Waals surface area contributed by atoms with E-state index in [-0.39, 0.29) is 6.79 Å². The van der Waals surface area contributed by atoms with Gasteiger partial charge in [-0.2, -0.15) is 0 Å². The highest BCUT2D eigenvalue weighted by Gasteiger charge is 2.35. The fourth-order valence-electron chi connectivity index (χ4n) is 4.47. The molecule has 0 radical (unpaired) electrons. The summed E-state index contributed by atoms with van der Waals surface area (Å²) in [7, 11) is 0. The van der Waals surface area contributed by atoms with Gasteiger partial charge in [-0.25, -0.2) is 0 Å². The number of pyridine rings is 1. The van der Waals surface area contributed by atoms with Crippen molar-refractivity contribution in [1.82, 2.24) is 9.88 Å². The predicted octanol–water partition coefficient (Wildman–Crippen LogP) is 2.14. The van der Waals surface area contributed by atoms with Gasteiger partial charge in [-0.1, -0.05) is 0 Å². The largest absolute Gasteiger partial charge is 0.454 e. The maximum atomic E-state index is 11.3. The minimum Gasteiger partial charge on any atom is -0.454 e. The third-order valence-electron chi connectivity index (χ3n) is 5.95. The Morgan fingerprint density at radius 3 is 2.79 bits per heavy atom. The number of nitrogens with zero attached hydrogens (tertiary/aromatic N) is 3. The molecule has 2 fully saturated rings. The van der Waals surface area contributed by atoms with E-state index in [4.69, 9.17) is 14.2 Å². The zero-order chi connectivity index (χ0) is 19.7. The third kappa shape index (κ3) is 4.03. The van der Waals surface area contributed by atoms with Crippen molar-refractivity contribution in [3.8, 4) is 22.8 Å². The Morgan fingerprint density at radius 1 is 1.03 bits per heavy atom. The average Bonchev–Trinajstić information content (AvgIpc) is 3.22. The topological polar surface area (TPSA) is 67.3 Å². The Balaban J connectivity index is 1.33. The molecule has 0 aliphatic carbocycles. The summed E-state index contributed by atoms with van der Waals surface area (Å²) in [5.41, 5.74) is 2.28. The highest BCUT2D eigenvalue weighted by molar-refractivity contribution is 5.68. The highest BCUT2D eigenvalue weighted by Crippen LogP contribution is 2.36. The minimum atomic E-state index is -0.697. The van der Waals surface area contributed by atoms with Crippen LogP contribution < -0.4 is 14.4 Å². The molecule has 1 aromatic carbocycles. The summed E-state index contributed by atoms with van der Waals surface area (Å²) in [4.78, 5) is 9.15. The van der Waals surface area contributed by atoms with Crippen LogP contribution in [0.15, 0.2) is 36.5 Å². The van der Waals surface area contributed by atoms with E-state index in [1.165, 1.54) is 0 Å². The second kappa shape index (κ2) is 7.82. The lowest BCUT2D eigenvalue weighted by atomic mass is 9.91. The summed E-state index contributed by atoms with van der Waals surface area (Å²) >= 11 is 0. The van der Waals surface area contributed by atoms with Crippen molar-refractivity contribution in [2.75, 3.05) is 57.6 Å². The third-order valence-corrected chi connectivity index (χ3v) is 5.95. The van der Waals surface area contributed by atoms with Crippen molar-refractivity contribution in [3.63, 3.8) is 0 Å². The number of benzene rings is 1. The summed E-state index contributed by atoms with van der Waals surface area (Å²) in [5.74, 6) is 1.53. The zero-order valence-corrected chi connectivity index (χ0v) is 16.5. The first-order valence-electron chi connectivity index (χ1n) is 10.3. The van der Waals surface area contributed by atoms with E-state index < -0.39 is 5.60 Å². The number of hydrogen-bond donors (Lipinski definition) is 1. The van der Waals surface area contributed by atoms with Crippen LogP contribution in [0.1, 0.15) is 12.8 Å². The van der Waals surface area contributed by atoms with Crippen LogP contribution in [-0.2, 0) is 4.74 Å². The number of piperidine rings is 1. The number of morpholine rings is 1. The molecule has 0 saturated carbocycles. The Hall–Kier alpha value is -2.35. The molecule has 7 nitrogen and oxygen atoms in total. The molecule has 5 rings (SSSR count). The van der Waals surface area contributed by atoms with Crippen LogP contribution in [0, 0.1) is 0 Å². The molecule has 3 aliphatic rings. The molecule has 1 atom stereocenters.